The summed E-state index contributed by atoms with van der Waals surface area (Å²) in [4.78, 5) is 28.6. The van der Waals surface area contributed by atoms with E-state index in [1.54, 1.807) is 56.5 Å². The Bertz CT molecular complexity index is 1110. The number of carbonyl (C=O) groups excluding carboxylic acids is 1. The molecular weight excluding hydrogens is 426 g/mol. The van der Waals surface area contributed by atoms with E-state index in [0.29, 0.717) is 22.5 Å². The topological polar surface area (TPSA) is 82.8 Å². The molecule has 1 heterocycles. The molecule has 0 saturated carbocycles. The minimum atomic E-state index is -0.700. The number of fused-ring (bicyclic) bond motifs is 1. The standard InChI is InChI=1S/C20H18BrN3O4/c1-12(20(26)27-3)28-16-7-4-14(5-8-16)11-22-24-13(2)23-18-9-6-15(21)10-17(18)19(24)25/h4-12H,1-3H3/t12-/m0/s1. The second-order valence-electron chi connectivity index (χ2n) is 6.03. The Morgan fingerprint density at radius 3 is 2.64 bits per heavy atom. The van der Waals surface area contributed by atoms with Crippen molar-refractivity contribution < 1.29 is 14.3 Å². The van der Waals surface area contributed by atoms with Crippen LogP contribution >= 0.6 is 15.9 Å². The zero-order chi connectivity index (χ0) is 20.3. The molecule has 1 aromatic heterocycles. The van der Waals surface area contributed by atoms with Crippen LogP contribution in [-0.4, -0.2) is 35.1 Å². The van der Waals surface area contributed by atoms with Crippen LogP contribution in [-0.2, 0) is 9.53 Å². The number of carbonyl (C=O) groups is 1. The summed E-state index contributed by atoms with van der Waals surface area (Å²) >= 11 is 3.37. The molecular formula is C20H18BrN3O4. The van der Waals surface area contributed by atoms with E-state index in [4.69, 9.17) is 4.74 Å². The Hall–Kier alpha value is -3.00. The average Bonchev–Trinajstić information content (AvgIpc) is 2.69. The van der Waals surface area contributed by atoms with Crippen molar-refractivity contribution >= 4 is 39.0 Å². The third-order valence-electron chi connectivity index (χ3n) is 4.02. The van der Waals surface area contributed by atoms with Gasteiger partial charge in [-0.3, -0.25) is 4.79 Å². The van der Waals surface area contributed by atoms with Gasteiger partial charge >= 0.3 is 5.97 Å². The van der Waals surface area contributed by atoms with E-state index in [2.05, 4.69) is 30.8 Å². The third-order valence-corrected chi connectivity index (χ3v) is 4.51. The second-order valence-corrected chi connectivity index (χ2v) is 6.95. The summed E-state index contributed by atoms with van der Waals surface area (Å²) in [6.07, 6.45) is 0.863. The highest BCUT2D eigenvalue weighted by Crippen LogP contribution is 2.16. The van der Waals surface area contributed by atoms with Crippen molar-refractivity contribution in [2.24, 2.45) is 5.10 Å². The minimum absolute atomic E-state index is 0.244. The van der Waals surface area contributed by atoms with E-state index in [-0.39, 0.29) is 5.56 Å². The van der Waals surface area contributed by atoms with E-state index in [1.807, 2.05) is 6.07 Å². The highest BCUT2D eigenvalue weighted by molar-refractivity contribution is 9.10. The quantitative estimate of drug-likeness (QED) is 0.446. The first-order chi connectivity index (χ1) is 13.4. The molecule has 0 fully saturated rings. The molecule has 0 radical (unpaired) electrons. The molecule has 0 saturated heterocycles. The fraction of sp³-hybridized carbons (Fsp3) is 0.200. The van der Waals surface area contributed by atoms with Crippen LogP contribution in [0.1, 0.15) is 18.3 Å². The predicted octanol–water partition coefficient (Wildman–Crippen LogP) is 3.29. The van der Waals surface area contributed by atoms with E-state index >= 15 is 0 Å². The molecule has 28 heavy (non-hydrogen) atoms. The fourth-order valence-electron chi connectivity index (χ4n) is 2.57. The van der Waals surface area contributed by atoms with Gasteiger partial charge in [0, 0.05) is 4.47 Å². The Morgan fingerprint density at radius 2 is 1.96 bits per heavy atom. The van der Waals surface area contributed by atoms with Crippen LogP contribution < -0.4 is 10.3 Å². The van der Waals surface area contributed by atoms with Crippen molar-refractivity contribution in [1.29, 1.82) is 0 Å². The summed E-state index contributed by atoms with van der Waals surface area (Å²) in [7, 11) is 1.31. The largest absolute Gasteiger partial charge is 0.479 e. The smallest absolute Gasteiger partial charge is 0.346 e. The molecule has 0 N–H and O–H groups in total. The van der Waals surface area contributed by atoms with Gasteiger partial charge in [-0.2, -0.15) is 9.78 Å². The number of rotatable bonds is 5. The van der Waals surface area contributed by atoms with Crippen LogP contribution in [0.25, 0.3) is 10.9 Å². The van der Waals surface area contributed by atoms with Crippen molar-refractivity contribution in [2.45, 2.75) is 20.0 Å². The van der Waals surface area contributed by atoms with Crippen molar-refractivity contribution in [3.63, 3.8) is 0 Å². The van der Waals surface area contributed by atoms with Crippen LogP contribution in [0.3, 0.4) is 0 Å². The maximum absolute atomic E-state index is 12.7. The van der Waals surface area contributed by atoms with Gasteiger partial charge in [-0.25, -0.2) is 9.78 Å². The zero-order valence-electron chi connectivity index (χ0n) is 15.5. The average molecular weight is 444 g/mol. The van der Waals surface area contributed by atoms with Gasteiger partial charge in [0.2, 0.25) is 0 Å². The number of aromatic nitrogens is 2. The van der Waals surface area contributed by atoms with Gasteiger partial charge in [0.1, 0.15) is 11.6 Å². The van der Waals surface area contributed by atoms with Crippen LogP contribution in [0.2, 0.25) is 0 Å². The Kier molecular flexibility index (Phi) is 5.89. The molecule has 144 valence electrons. The lowest BCUT2D eigenvalue weighted by molar-refractivity contribution is -0.147. The van der Waals surface area contributed by atoms with Crippen LogP contribution in [0.4, 0.5) is 0 Å². The molecule has 0 aliphatic rings. The van der Waals surface area contributed by atoms with Gasteiger partial charge in [-0.15, -0.1) is 0 Å². The highest BCUT2D eigenvalue weighted by atomic mass is 79.9. The van der Waals surface area contributed by atoms with Crippen molar-refractivity contribution in [2.75, 3.05) is 7.11 Å². The number of aryl methyl sites for hydroxylation is 1. The van der Waals surface area contributed by atoms with Gasteiger partial charge in [-0.1, -0.05) is 15.9 Å². The van der Waals surface area contributed by atoms with Gasteiger partial charge in [-0.05, 0) is 61.9 Å². The minimum Gasteiger partial charge on any atom is -0.479 e. The molecule has 1 atom stereocenters. The first-order valence-electron chi connectivity index (χ1n) is 8.47. The number of methoxy groups -OCH3 is 1. The molecule has 3 rings (SSSR count). The number of benzene rings is 2. The number of esters is 1. The van der Waals surface area contributed by atoms with E-state index < -0.39 is 12.1 Å². The van der Waals surface area contributed by atoms with Crippen LogP contribution in [0.5, 0.6) is 5.75 Å². The molecule has 2 aromatic carbocycles. The monoisotopic (exact) mass is 443 g/mol. The Balaban J connectivity index is 1.84. The maximum Gasteiger partial charge on any atom is 0.346 e. The second kappa shape index (κ2) is 8.35. The first-order valence-corrected chi connectivity index (χ1v) is 9.26. The summed E-state index contributed by atoms with van der Waals surface area (Å²) in [6, 6.07) is 12.3. The molecule has 0 spiro atoms. The number of nitrogens with zero attached hydrogens (tertiary/aromatic N) is 3. The number of halogens is 1. The number of hydrogen-bond donors (Lipinski definition) is 0. The van der Waals surface area contributed by atoms with Crippen LogP contribution in [0.15, 0.2) is 56.8 Å². The van der Waals surface area contributed by atoms with Gasteiger partial charge in [0.25, 0.3) is 5.56 Å². The summed E-state index contributed by atoms with van der Waals surface area (Å²) < 4.78 is 12.2. The fourth-order valence-corrected chi connectivity index (χ4v) is 2.93. The molecule has 0 bridgehead atoms. The molecule has 0 amide bonds. The van der Waals surface area contributed by atoms with Crippen molar-refractivity contribution in [1.82, 2.24) is 9.66 Å². The Labute approximate surface area is 169 Å². The van der Waals surface area contributed by atoms with Crippen molar-refractivity contribution in [3.05, 3.63) is 68.7 Å². The number of ether oxygens (including phenoxy) is 2. The lowest BCUT2D eigenvalue weighted by Crippen LogP contribution is -2.24. The Morgan fingerprint density at radius 1 is 1.25 bits per heavy atom. The number of hydrogen-bond acceptors (Lipinski definition) is 6. The van der Waals surface area contributed by atoms with Gasteiger partial charge < -0.3 is 9.47 Å². The predicted molar refractivity (Wildman–Crippen MR) is 110 cm³/mol. The lowest BCUT2D eigenvalue weighted by atomic mass is 10.2. The van der Waals surface area contributed by atoms with E-state index in [9.17, 15) is 9.59 Å². The zero-order valence-corrected chi connectivity index (χ0v) is 17.1. The van der Waals surface area contributed by atoms with Crippen LogP contribution in [0, 0.1) is 6.92 Å². The highest BCUT2D eigenvalue weighted by Gasteiger charge is 2.14. The molecule has 7 nitrogen and oxygen atoms in total. The van der Waals surface area contributed by atoms with Gasteiger partial charge in [0.05, 0.1) is 24.2 Å². The summed E-state index contributed by atoms with van der Waals surface area (Å²) in [5, 5.41) is 4.76. The summed E-state index contributed by atoms with van der Waals surface area (Å²) in [5.41, 5.74) is 1.14. The van der Waals surface area contributed by atoms with Crippen molar-refractivity contribution in [3.8, 4) is 5.75 Å². The first kappa shape index (κ1) is 19.8. The maximum atomic E-state index is 12.7. The summed E-state index contributed by atoms with van der Waals surface area (Å²) in [5.74, 6) is 0.569. The molecule has 0 aliphatic carbocycles. The van der Waals surface area contributed by atoms with E-state index in [1.165, 1.54) is 11.8 Å². The normalized spacial score (nSPS) is 12.3. The van der Waals surface area contributed by atoms with E-state index in [0.717, 1.165) is 10.0 Å². The molecule has 0 unspecified atom stereocenters. The lowest BCUT2D eigenvalue weighted by Gasteiger charge is -2.12. The van der Waals surface area contributed by atoms with Gasteiger partial charge in [0.15, 0.2) is 6.10 Å². The molecule has 8 heteroatoms. The third kappa shape index (κ3) is 4.28. The SMILES string of the molecule is COC(=O)[C@H](C)Oc1ccc(C=Nn2c(C)nc3ccc(Br)cc3c2=O)cc1. The molecule has 3 aromatic rings. The molecule has 0 aliphatic heterocycles. The summed E-state index contributed by atoms with van der Waals surface area (Å²) in [6.45, 7) is 3.34.